The van der Waals surface area contributed by atoms with Gasteiger partial charge in [-0.1, -0.05) is 56.3 Å². The van der Waals surface area contributed by atoms with Gasteiger partial charge in [-0.3, -0.25) is 9.59 Å². The summed E-state index contributed by atoms with van der Waals surface area (Å²) < 4.78 is 13.3. The van der Waals surface area contributed by atoms with E-state index in [1.165, 1.54) is 12.1 Å². The van der Waals surface area contributed by atoms with Crippen LogP contribution in [0.4, 0.5) is 4.39 Å². The van der Waals surface area contributed by atoms with Crippen LogP contribution >= 0.6 is 0 Å². The van der Waals surface area contributed by atoms with Crippen molar-refractivity contribution >= 4 is 11.8 Å². The topological polar surface area (TPSA) is 49.4 Å². The minimum absolute atomic E-state index is 0.0402. The highest BCUT2D eigenvalue weighted by atomic mass is 19.1. The van der Waals surface area contributed by atoms with E-state index < -0.39 is 6.04 Å². The largest absolute Gasteiger partial charge is 0.352 e. The molecular weight excluding hydrogens is 355 g/mol. The molecule has 0 fully saturated rings. The summed E-state index contributed by atoms with van der Waals surface area (Å²) in [5.41, 5.74) is 1.69. The van der Waals surface area contributed by atoms with E-state index in [0.717, 1.165) is 17.5 Å². The van der Waals surface area contributed by atoms with Gasteiger partial charge in [0.05, 0.1) is 6.42 Å². The molecule has 0 aliphatic heterocycles. The van der Waals surface area contributed by atoms with E-state index in [1.54, 1.807) is 17.0 Å². The van der Waals surface area contributed by atoms with Crippen molar-refractivity contribution in [2.45, 2.75) is 58.7 Å². The standard InChI is InChI=1S/C23H29FN2O2/c1-4-17(3)25-23(28)21(5-2)26(16-19-11-13-20(24)14-12-19)22(27)15-18-9-7-6-8-10-18/h6-14,17,21H,4-5,15-16H2,1-3H3,(H,25,28)/t17-,21+/m0/s1. The normalized spacial score (nSPS) is 12.9. The van der Waals surface area contributed by atoms with Crippen LogP contribution in [0.2, 0.25) is 0 Å². The third-order valence-electron chi connectivity index (χ3n) is 4.85. The molecular formula is C23H29FN2O2. The molecule has 0 saturated heterocycles. The van der Waals surface area contributed by atoms with E-state index >= 15 is 0 Å². The third kappa shape index (κ3) is 6.19. The number of carbonyl (C=O) groups excluding carboxylic acids is 2. The molecule has 1 N–H and O–H groups in total. The van der Waals surface area contributed by atoms with Crippen LogP contribution in [0, 0.1) is 5.82 Å². The fraction of sp³-hybridized carbons (Fsp3) is 0.391. The molecule has 2 rings (SSSR count). The lowest BCUT2D eigenvalue weighted by Crippen LogP contribution is -2.51. The van der Waals surface area contributed by atoms with Crippen molar-refractivity contribution in [2.24, 2.45) is 0 Å². The molecule has 0 aliphatic rings. The third-order valence-corrected chi connectivity index (χ3v) is 4.85. The molecule has 0 radical (unpaired) electrons. The molecule has 2 atom stereocenters. The zero-order valence-electron chi connectivity index (χ0n) is 16.8. The van der Waals surface area contributed by atoms with Gasteiger partial charge in [-0.2, -0.15) is 0 Å². The van der Waals surface area contributed by atoms with Gasteiger partial charge >= 0.3 is 0 Å². The van der Waals surface area contributed by atoms with E-state index in [2.05, 4.69) is 5.32 Å². The SMILES string of the molecule is CC[C@H](C(=O)N[C@@H](C)CC)N(Cc1ccc(F)cc1)C(=O)Cc1ccccc1. The van der Waals surface area contributed by atoms with Gasteiger partial charge in [-0.25, -0.2) is 4.39 Å². The van der Waals surface area contributed by atoms with Crippen molar-refractivity contribution in [3.63, 3.8) is 0 Å². The minimum atomic E-state index is -0.574. The summed E-state index contributed by atoms with van der Waals surface area (Å²) in [4.78, 5) is 27.5. The number of carbonyl (C=O) groups is 2. The first-order chi connectivity index (χ1) is 13.4. The van der Waals surface area contributed by atoms with Gasteiger partial charge < -0.3 is 10.2 Å². The van der Waals surface area contributed by atoms with Crippen LogP contribution in [0.5, 0.6) is 0 Å². The molecule has 150 valence electrons. The number of nitrogens with one attached hydrogen (secondary N) is 1. The van der Waals surface area contributed by atoms with E-state index in [9.17, 15) is 14.0 Å². The lowest BCUT2D eigenvalue weighted by atomic mass is 10.1. The fourth-order valence-electron chi connectivity index (χ4n) is 3.02. The molecule has 0 heterocycles. The molecule has 2 aromatic rings. The summed E-state index contributed by atoms with van der Waals surface area (Å²) in [5, 5.41) is 2.98. The van der Waals surface area contributed by atoms with Gasteiger partial charge in [0.15, 0.2) is 0 Å². The van der Waals surface area contributed by atoms with Crippen molar-refractivity contribution in [1.82, 2.24) is 10.2 Å². The van der Waals surface area contributed by atoms with E-state index in [0.29, 0.717) is 6.42 Å². The molecule has 0 bridgehead atoms. The smallest absolute Gasteiger partial charge is 0.243 e. The molecule has 2 amide bonds. The Kier molecular flexibility index (Phi) is 8.18. The van der Waals surface area contributed by atoms with Gasteiger partial charge in [-0.05, 0) is 43.0 Å². The van der Waals surface area contributed by atoms with E-state index in [-0.39, 0.29) is 36.6 Å². The number of benzene rings is 2. The Labute approximate surface area is 166 Å². The molecule has 0 spiro atoms. The minimum Gasteiger partial charge on any atom is -0.352 e. The van der Waals surface area contributed by atoms with Crippen LogP contribution in [0.1, 0.15) is 44.7 Å². The average molecular weight is 384 g/mol. The monoisotopic (exact) mass is 384 g/mol. The summed E-state index contributed by atoms with van der Waals surface area (Å²) in [5.74, 6) is -0.602. The first-order valence-electron chi connectivity index (χ1n) is 9.82. The van der Waals surface area contributed by atoms with E-state index in [1.807, 2.05) is 51.1 Å². The van der Waals surface area contributed by atoms with Gasteiger partial charge in [0.2, 0.25) is 11.8 Å². The molecule has 2 aromatic carbocycles. The molecule has 4 nitrogen and oxygen atoms in total. The maximum absolute atomic E-state index is 13.3. The van der Waals surface area contributed by atoms with Crippen LogP contribution < -0.4 is 5.32 Å². The quantitative estimate of drug-likeness (QED) is 0.708. The zero-order valence-corrected chi connectivity index (χ0v) is 16.8. The Morgan fingerprint density at radius 1 is 0.964 bits per heavy atom. The molecule has 5 heteroatoms. The molecule has 0 aromatic heterocycles. The first kappa shape index (κ1) is 21.6. The highest BCUT2D eigenvalue weighted by molar-refractivity contribution is 5.88. The number of hydrogen-bond acceptors (Lipinski definition) is 2. The highest BCUT2D eigenvalue weighted by Crippen LogP contribution is 2.15. The van der Waals surface area contributed by atoms with Crippen LogP contribution in [0.25, 0.3) is 0 Å². The van der Waals surface area contributed by atoms with Crippen LogP contribution in [0.3, 0.4) is 0 Å². The number of nitrogens with zero attached hydrogens (tertiary/aromatic N) is 1. The predicted octanol–water partition coefficient (Wildman–Crippen LogP) is 4.09. The van der Waals surface area contributed by atoms with Crippen LogP contribution in [0.15, 0.2) is 54.6 Å². The number of halogens is 1. The van der Waals surface area contributed by atoms with Crippen molar-refractivity contribution in [2.75, 3.05) is 0 Å². The Bertz CT molecular complexity index is 762. The maximum Gasteiger partial charge on any atom is 0.243 e. The van der Waals surface area contributed by atoms with Gasteiger partial charge in [0.1, 0.15) is 11.9 Å². The zero-order chi connectivity index (χ0) is 20.5. The van der Waals surface area contributed by atoms with Crippen molar-refractivity contribution in [1.29, 1.82) is 0 Å². The number of amides is 2. The Balaban J connectivity index is 2.25. The van der Waals surface area contributed by atoms with Gasteiger partial charge in [0.25, 0.3) is 0 Å². The summed E-state index contributed by atoms with van der Waals surface area (Å²) in [6.45, 7) is 6.11. The Morgan fingerprint density at radius 3 is 2.18 bits per heavy atom. The van der Waals surface area contributed by atoms with Crippen molar-refractivity contribution in [3.8, 4) is 0 Å². The summed E-state index contributed by atoms with van der Waals surface area (Å²) >= 11 is 0. The number of rotatable bonds is 9. The summed E-state index contributed by atoms with van der Waals surface area (Å²) in [7, 11) is 0. The average Bonchev–Trinajstić information content (AvgIpc) is 2.69. The number of hydrogen-bond donors (Lipinski definition) is 1. The lowest BCUT2D eigenvalue weighted by Gasteiger charge is -2.31. The van der Waals surface area contributed by atoms with E-state index in [4.69, 9.17) is 0 Å². The second-order valence-electron chi connectivity index (χ2n) is 7.05. The van der Waals surface area contributed by atoms with Crippen LogP contribution in [-0.4, -0.2) is 28.8 Å². The van der Waals surface area contributed by atoms with Crippen molar-refractivity contribution < 1.29 is 14.0 Å². The maximum atomic E-state index is 13.3. The van der Waals surface area contributed by atoms with Crippen LogP contribution in [-0.2, 0) is 22.6 Å². The second kappa shape index (κ2) is 10.6. The summed E-state index contributed by atoms with van der Waals surface area (Å²) in [6.07, 6.45) is 1.54. The van der Waals surface area contributed by atoms with Crippen molar-refractivity contribution in [3.05, 3.63) is 71.5 Å². The molecule has 0 unspecified atom stereocenters. The Hall–Kier alpha value is -2.69. The predicted molar refractivity (Wildman–Crippen MR) is 109 cm³/mol. The highest BCUT2D eigenvalue weighted by Gasteiger charge is 2.29. The lowest BCUT2D eigenvalue weighted by molar-refractivity contribution is -0.141. The molecule has 0 saturated carbocycles. The van der Waals surface area contributed by atoms with Gasteiger partial charge in [0, 0.05) is 12.6 Å². The molecule has 0 aliphatic carbocycles. The summed E-state index contributed by atoms with van der Waals surface area (Å²) in [6, 6.07) is 15.0. The second-order valence-corrected chi connectivity index (χ2v) is 7.05. The Morgan fingerprint density at radius 2 is 1.61 bits per heavy atom. The first-order valence-corrected chi connectivity index (χ1v) is 9.82. The van der Waals surface area contributed by atoms with Gasteiger partial charge in [-0.15, -0.1) is 0 Å². The molecule has 28 heavy (non-hydrogen) atoms. The fourth-order valence-corrected chi connectivity index (χ4v) is 3.02.